The molecule has 0 aromatic carbocycles. The van der Waals surface area contributed by atoms with Crippen LogP contribution in [0.3, 0.4) is 0 Å². The summed E-state index contributed by atoms with van der Waals surface area (Å²) < 4.78 is 4.93. The smallest absolute Gasteiger partial charge is 0.408 e. The predicted octanol–water partition coefficient (Wildman–Crippen LogP) is 1.10. The van der Waals surface area contributed by atoms with Gasteiger partial charge in [-0.15, -0.1) is 6.42 Å². The van der Waals surface area contributed by atoms with Gasteiger partial charge in [0.25, 0.3) is 0 Å². The van der Waals surface area contributed by atoms with Crippen LogP contribution in [0.1, 0.15) is 27.7 Å². The van der Waals surface area contributed by atoms with Gasteiger partial charge in [0.15, 0.2) is 0 Å². The standard InChI is InChI=1S/C10H15NO3/c1-6-8(12)7(2)11-9(13)14-10(3,4)5/h1,7H,2-5H3,(H,11,13)/t7-/m1/s1. The van der Waals surface area contributed by atoms with Crippen molar-refractivity contribution < 1.29 is 14.3 Å². The average molecular weight is 197 g/mol. The summed E-state index contributed by atoms with van der Waals surface area (Å²) in [4.78, 5) is 22.0. The summed E-state index contributed by atoms with van der Waals surface area (Å²) in [6.07, 6.45) is 4.24. The van der Waals surface area contributed by atoms with Crippen LogP contribution in [0.15, 0.2) is 0 Å². The molecule has 0 aliphatic rings. The SMILES string of the molecule is C#CC(=O)[C@@H](C)NC(=O)OC(C)(C)C. The summed E-state index contributed by atoms with van der Waals surface area (Å²) in [5, 5.41) is 2.33. The predicted molar refractivity (Wildman–Crippen MR) is 52.7 cm³/mol. The first kappa shape index (κ1) is 12.5. The number of rotatable bonds is 2. The molecule has 0 heterocycles. The lowest BCUT2D eigenvalue weighted by atomic mass is 10.2. The van der Waals surface area contributed by atoms with Crippen molar-refractivity contribution in [2.24, 2.45) is 0 Å². The molecule has 0 unspecified atom stereocenters. The third-order valence-corrected chi connectivity index (χ3v) is 1.27. The van der Waals surface area contributed by atoms with Gasteiger partial charge in [-0.3, -0.25) is 4.79 Å². The van der Waals surface area contributed by atoms with E-state index in [0.29, 0.717) is 0 Å². The third-order valence-electron chi connectivity index (χ3n) is 1.27. The molecule has 0 aromatic rings. The van der Waals surface area contributed by atoms with Gasteiger partial charge in [-0.25, -0.2) is 4.79 Å². The first-order valence-electron chi connectivity index (χ1n) is 4.26. The van der Waals surface area contributed by atoms with E-state index in [1.165, 1.54) is 6.92 Å². The second-order valence-electron chi connectivity index (χ2n) is 3.88. The molecule has 0 saturated carbocycles. The minimum absolute atomic E-state index is 0.476. The van der Waals surface area contributed by atoms with E-state index >= 15 is 0 Å². The molecule has 0 fully saturated rings. The van der Waals surface area contributed by atoms with Gasteiger partial charge in [0.2, 0.25) is 5.78 Å². The summed E-state index contributed by atoms with van der Waals surface area (Å²) in [5.74, 6) is 1.45. The van der Waals surface area contributed by atoms with E-state index in [4.69, 9.17) is 11.2 Å². The normalized spacial score (nSPS) is 12.5. The molecule has 78 valence electrons. The van der Waals surface area contributed by atoms with Crippen molar-refractivity contribution in [1.82, 2.24) is 5.32 Å². The Balaban J connectivity index is 4.09. The molecule has 0 aromatic heterocycles. The maximum atomic E-state index is 11.1. The quantitative estimate of drug-likeness (QED) is 0.532. The number of nitrogens with one attached hydrogen (secondary N) is 1. The number of terminal acetylenes is 1. The molecule has 0 bridgehead atoms. The number of hydrogen-bond donors (Lipinski definition) is 1. The largest absolute Gasteiger partial charge is 0.444 e. The van der Waals surface area contributed by atoms with Gasteiger partial charge < -0.3 is 10.1 Å². The maximum absolute atomic E-state index is 11.1. The van der Waals surface area contributed by atoms with Crippen LogP contribution in [-0.2, 0) is 9.53 Å². The summed E-state index contributed by atoms with van der Waals surface area (Å²) in [7, 11) is 0. The Hall–Kier alpha value is -1.50. The van der Waals surface area contributed by atoms with Gasteiger partial charge in [0.05, 0.1) is 0 Å². The number of hydrogen-bond acceptors (Lipinski definition) is 3. The van der Waals surface area contributed by atoms with Crippen molar-refractivity contribution in [3.8, 4) is 12.3 Å². The molecular weight excluding hydrogens is 182 g/mol. The van der Waals surface area contributed by atoms with Crippen LogP contribution in [0, 0.1) is 12.3 Å². The van der Waals surface area contributed by atoms with Crippen LogP contribution in [0.5, 0.6) is 0 Å². The highest BCUT2D eigenvalue weighted by Crippen LogP contribution is 2.06. The fraction of sp³-hybridized carbons (Fsp3) is 0.600. The van der Waals surface area contributed by atoms with E-state index in [1.54, 1.807) is 20.8 Å². The molecule has 0 aliphatic heterocycles. The van der Waals surface area contributed by atoms with E-state index in [0.717, 1.165) is 0 Å². The van der Waals surface area contributed by atoms with Crippen molar-refractivity contribution in [2.75, 3.05) is 0 Å². The molecule has 0 saturated heterocycles. The lowest BCUT2D eigenvalue weighted by molar-refractivity contribution is -0.115. The van der Waals surface area contributed by atoms with E-state index < -0.39 is 23.5 Å². The fourth-order valence-electron chi connectivity index (χ4n) is 0.675. The minimum atomic E-state index is -0.713. The number of ketones is 1. The van der Waals surface area contributed by atoms with Gasteiger partial charge in [-0.05, 0) is 33.6 Å². The molecular formula is C10H15NO3. The van der Waals surface area contributed by atoms with E-state index in [1.807, 2.05) is 5.92 Å². The number of amides is 1. The first-order valence-corrected chi connectivity index (χ1v) is 4.26. The van der Waals surface area contributed by atoms with Crippen molar-refractivity contribution in [3.63, 3.8) is 0 Å². The molecule has 0 spiro atoms. The molecule has 4 nitrogen and oxygen atoms in total. The molecule has 0 radical (unpaired) electrons. The van der Waals surface area contributed by atoms with Crippen LogP contribution in [0.2, 0.25) is 0 Å². The molecule has 1 N–H and O–H groups in total. The van der Waals surface area contributed by atoms with E-state index in [-0.39, 0.29) is 0 Å². The van der Waals surface area contributed by atoms with Crippen LogP contribution in [0.4, 0.5) is 4.79 Å². The fourth-order valence-corrected chi connectivity index (χ4v) is 0.675. The van der Waals surface area contributed by atoms with Crippen molar-refractivity contribution in [2.45, 2.75) is 39.3 Å². The highest BCUT2D eigenvalue weighted by atomic mass is 16.6. The number of carbonyl (C=O) groups is 2. The van der Waals surface area contributed by atoms with Gasteiger partial charge in [0.1, 0.15) is 11.6 Å². The molecule has 14 heavy (non-hydrogen) atoms. The number of alkyl carbamates (subject to hydrolysis) is 1. The summed E-state index contributed by atoms with van der Waals surface area (Å²) in [6, 6.07) is -0.713. The maximum Gasteiger partial charge on any atom is 0.408 e. The van der Waals surface area contributed by atoms with Gasteiger partial charge in [-0.1, -0.05) is 0 Å². The Morgan fingerprint density at radius 3 is 2.29 bits per heavy atom. The topological polar surface area (TPSA) is 55.4 Å². The number of Topliss-reactive ketones (excluding diaryl/α,β-unsaturated/α-hetero) is 1. The Bertz CT molecular complexity index is 270. The monoisotopic (exact) mass is 197 g/mol. The lowest BCUT2D eigenvalue weighted by Gasteiger charge is -2.20. The minimum Gasteiger partial charge on any atom is -0.444 e. The van der Waals surface area contributed by atoms with Crippen LogP contribution in [-0.4, -0.2) is 23.5 Å². The van der Waals surface area contributed by atoms with E-state index in [9.17, 15) is 9.59 Å². The summed E-state index contributed by atoms with van der Waals surface area (Å²) >= 11 is 0. The lowest BCUT2D eigenvalue weighted by Crippen LogP contribution is -2.41. The Labute approximate surface area is 84.0 Å². The van der Waals surface area contributed by atoms with Crippen molar-refractivity contribution >= 4 is 11.9 Å². The Kier molecular flexibility index (Phi) is 4.16. The second-order valence-corrected chi connectivity index (χ2v) is 3.88. The van der Waals surface area contributed by atoms with Gasteiger partial charge in [-0.2, -0.15) is 0 Å². The van der Waals surface area contributed by atoms with E-state index in [2.05, 4.69) is 5.32 Å². The van der Waals surface area contributed by atoms with Gasteiger partial charge in [0, 0.05) is 0 Å². The Morgan fingerprint density at radius 1 is 1.43 bits per heavy atom. The molecule has 0 aliphatic carbocycles. The Morgan fingerprint density at radius 2 is 1.93 bits per heavy atom. The molecule has 1 atom stereocenters. The second kappa shape index (κ2) is 4.66. The summed E-state index contributed by atoms with van der Waals surface area (Å²) in [5.41, 5.74) is -0.580. The van der Waals surface area contributed by atoms with Crippen molar-refractivity contribution in [1.29, 1.82) is 0 Å². The highest BCUT2D eigenvalue weighted by Gasteiger charge is 2.19. The highest BCUT2D eigenvalue weighted by molar-refractivity contribution is 6.00. The number of carbonyl (C=O) groups excluding carboxylic acids is 2. The zero-order valence-electron chi connectivity index (χ0n) is 8.88. The average Bonchev–Trinajstić information content (AvgIpc) is 1.99. The third kappa shape index (κ3) is 5.20. The molecule has 1 amide bonds. The zero-order valence-corrected chi connectivity index (χ0v) is 8.88. The van der Waals surface area contributed by atoms with Crippen LogP contribution < -0.4 is 5.32 Å². The van der Waals surface area contributed by atoms with Crippen LogP contribution >= 0.6 is 0 Å². The number of ether oxygens (including phenoxy) is 1. The van der Waals surface area contributed by atoms with Crippen LogP contribution in [0.25, 0.3) is 0 Å². The zero-order chi connectivity index (χ0) is 11.4. The summed E-state index contributed by atoms with van der Waals surface area (Å²) in [6.45, 7) is 6.72. The van der Waals surface area contributed by atoms with Gasteiger partial charge >= 0.3 is 6.09 Å². The molecule has 0 rings (SSSR count). The van der Waals surface area contributed by atoms with Crippen molar-refractivity contribution in [3.05, 3.63) is 0 Å². The molecule has 4 heteroatoms. The first-order chi connectivity index (χ1) is 6.26.